The molecule has 0 aromatic heterocycles. The van der Waals surface area contributed by atoms with Crippen molar-refractivity contribution in [2.24, 2.45) is 5.73 Å². The van der Waals surface area contributed by atoms with E-state index in [9.17, 15) is 4.79 Å². The summed E-state index contributed by atoms with van der Waals surface area (Å²) in [6.07, 6.45) is 5.22. The third-order valence-corrected chi connectivity index (χ3v) is 2.61. The Morgan fingerprint density at radius 2 is 2.08 bits per heavy atom. The monoisotopic (exact) mass is 179 g/mol. The van der Waals surface area contributed by atoms with E-state index in [4.69, 9.17) is 5.73 Å². The van der Waals surface area contributed by atoms with Crippen LogP contribution in [-0.4, -0.2) is 11.3 Å². The van der Waals surface area contributed by atoms with Crippen LogP contribution in [0.4, 0.5) is 0 Å². The minimum atomic E-state index is -0.202. The third-order valence-electron chi connectivity index (χ3n) is 2.61. The second-order valence-electron chi connectivity index (χ2n) is 3.89. The summed E-state index contributed by atoms with van der Waals surface area (Å²) >= 11 is 0. The zero-order chi connectivity index (χ0) is 9.73. The van der Waals surface area contributed by atoms with Gasteiger partial charge in [0.2, 0.25) is 0 Å². The summed E-state index contributed by atoms with van der Waals surface area (Å²) in [5, 5.41) is 0. The van der Waals surface area contributed by atoms with Crippen LogP contribution in [0.1, 0.15) is 45.4 Å². The van der Waals surface area contributed by atoms with Crippen molar-refractivity contribution in [3.63, 3.8) is 0 Å². The highest BCUT2D eigenvalue weighted by Crippen LogP contribution is 2.30. The zero-order valence-electron chi connectivity index (χ0n) is 8.23. The number of hydrogen-bond acceptors (Lipinski definition) is 2. The van der Waals surface area contributed by atoms with E-state index in [1.165, 1.54) is 12.8 Å². The molecule has 0 aromatic rings. The van der Waals surface area contributed by atoms with Crippen molar-refractivity contribution < 1.29 is 4.79 Å². The Balaban J connectivity index is 2.37. The van der Waals surface area contributed by atoms with Gasteiger partial charge in [-0.3, -0.25) is 4.79 Å². The number of carbonyl (C=O) groups excluding carboxylic acids is 1. The molecule has 2 nitrogen and oxygen atoms in total. The second kappa shape index (κ2) is 4.43. The molecular formula is C11H17NO. The summed E-state index contributed by atoms with van der Waals surface area (Å²) in [4.78, 5) is 11.4. The van der Waals surface area contributed by atoms with Crippen LogP contribution >= 0.6 is 0 Å². The predicted octanol–water partition coefficient (Wildman–Crippen LogP) is 1.63. The average Bonchev–Trinajstić information content (AvgIpc) is 2.48. The molecule has 1 saturated carbocycles. The molecule has 0 unspecified atom stereocenters. The van der Waals surface area contributed by atoms with Gasteiger partial charge in [0.05, 0.1) is 6.42 Å². The minimum absolute atomic E-state index is 0.193. The van der Waals surface area contributed by atoms with Gasteiger partial charge >= 0.3 is 0 Å². The summed E-state index contributed by atoms with van der Waals surface area (Å²) in [6.45, 7) is 1.75. The first kappa shape index (κ1) is 10.3. The van der Waals surface area contributed by atoms with Gasteiger partial charge in [0.25, 0.3) is 0 Å². The van der Waals surface area contributed by atoms with Crippen molar-refractivity contribution in [1.82, 2.24) is 0 Å². The number of ketones is 1. The summed E-state index contributed by atoms with van der Waals surface area (Å²) in [7, 11) is 0. The first-order chi connectivity index (χ1) is 6.16. The van der Waals surface area contributed by atoms with E-state index in [2.05, 4.69) is 11.8 Å². The molecule has 0 aliphatic heterocycles. The average molecular weight is 179 g/mol. The largest absolute Gasteiger partial charge is 0.325 e. The van der Waals surface area contributed by atoms with Crippen LogP contribution in [-0.2, 0) is 4.79 Å². The van der Waals surface area contributed by atoms with Crippen LogP contribution in [0.15, 0.2) is 0 Å². The first-order valence-electron chi connectivity index (χ1n) is 4.86. The maximum Gasteiger partial charge on any atom is 0.146 e. The summed E-state index contributed by atoms with van der Waals surface area (Å²) in [5.74, 6) is 5.70. The Hall–Kier alpha value is -0.810. The molecule has 13 heavy (non-hydrogen) atoms. The van der Waals surface area contributed by atoms with E-state index in [0.717, 1.165) is 12.8 Å². The molecule has 1 rings (SSSR count). The lowest BCUT2D eigenvalue weighted by atomic mass is 9.91. The summed E-state index contributed by atoms with van der Waals surface area (Å²) < 4.78 is 0. The summed E-state index contributed by atoms with van der Waals surface area (Å²) in [5.41, 5.74) is 5.86. The lowest BCUT2D eigenvalue weighted by Gasteiger charge is -2.21. The molecule has 0 bridgehead atoms. The van der Waals surface area contributed by atoms with Crippen LogP contribution in [0.25, 0.3) is 0 Å². The molecule has 1 fully saturated rings. The fourth-order valence-electron chi connectivity index (χ4n) is 1.90. The van der Waals surface area contributed by atoms with E-state index in [0.29, 0.717) is 12.8 Å². The molecule has 0 radical (unpaired) electrons. The quantitative estimate of drug-likeness (QED) is 0.669. The van der Waals surface area contributed by atoms with E-state index in [1.54, 1.807) is 6.92 Å². The fourth-order valence-corrected chi connectivity index (χ4v) is 1.90. The molecule has 2 N–H and O–H groups in total. The maximum atomic E-state index is 11.4. The van der Waals surface area contributed by atoms with Crippen molar-refractivity contribution in [3.05, 3.63) is 0 Å². The van der Waals surface area contributed by atoms with Crippen molar-refractivity contribution in [1.29, 1.82) is 0 Å². The van der Waals surface area contributed by atoms with Gasteiger partial charge in [0.1, 0.15) is 5.78 Å². The topological polar surface area (TPSA) is 43.1 Å². The molecule has 0 amide bonds. The van der Waals surface area contributed by atoms with E-state index < -0.39 is 0 Å². The molecule has 0 heterocycles. The number of nitrogens with two attached hydrogens (primary N) is 1. The van der Waals surface area contributed by atoms with E-state index in [1.807, 2.05) is 0 Å². The van der Waals surface area contributed by atoms with Gasteiger partial charge in [-0.15, -0.1) is 5.92 Å². The van der Waals surface area contributed by atoms with Gasteiger partial charge in [-0.2, -0.15) is 0 Å². The molecule has 1 aliphatic carbocycles. The molecule has 2 heteroatoms. The SMILES string of the molecule is CC#CCC(=O)CC1(N)CCCC1. The van der Waals surface area contributed by atoms with Crippen molar-refractivity contribution in [3.8, 4) is 11.8 Å². The normalized spacial score (nSPS) is 19.2. The van der Waals surface area contributed by atoms with E-state index >= 15 is 0 Å². The fraction of sp³-hybridized carbons (Fsp3) is 0.727. The second-order valence-corrected chi connectivity index (χ2v) is 3.89. The molecule has 0 saturated heterocycles. The van der Waals surface area contributed by atoms with Gasteiger partial charge in [-0.1, -0.05) is 18.8 Å². The van der Waals surface area contributed by atoms with Gasteiger partial charge in [0, 0.05) is 12.0 Å². The summed E-state index contributed by atoms with van der Waals surface area (Å²) in [6, 6.07) is 0. The molecule has 0 aromatic carbocycles. The predicted molar refractivity (Wildman–Crippen MR) is 53.1 cm³/mol. The van der Waals surface area contributed by atoms with Crippen LogP contribution < -0.4 is 5.73 Å². The first-order valence-corrected chi connectivity index (χ1v) is 4.86. The van der Waals surface area contributed by atoms with Crippen LogP contribution in [0.3, 0.4) is 0 Å². The highest BCUT2D eigenvalue weighted by atomic mass is 16.1. The highest BCUT2D eigenvalue weighted by Gasteiger charge is 2.30. The number of hydrogen-bond donors (Lipinski definition) is 1. The Bertz CT molecular complexity index is 241. The number of rotatable bonds is 3. The Morgan fingerprint density at radius 1 is 1.46 bits per heavy atom. The Labute approximate surface area is 79.9 Å². The molecular weight excluding hydrogens is 162 g/mol. The van der Waals surface area contributed by atoms with Crippen molar-refractivity contribution in [2.45, 2.75) is 51.0 Å². The molecule has 0 atom stereocenters. The van der Waals surface area contributed by atoms with Crippen molar-refractivity contribution >= 4 is 5.78 Å². The van der Waals surface area contributed by atoms with Gasteiger partial charge in [-0.25, -0.2) is 0 Å². The van der Waals surface area contributed by atoms with Crippen molar-refractivity contribution in [2.75, 3.05) is 0 Å². The zero-order valence-corrected chi connectivity index (χ0v) is 8.23. The van der Waals surface area contributed by atoms with Crippen LogP contribution in [0, 0.1) is 11.8 Å². The van der Waals surface area contributed by atoms with Gasteiger partial charge in [0.15, 0.2) is 0 Å². The number of carbonyl (C=O) groups is 1. The Kier molecular flexibility index (Phi) is 3.50. The maximum absolute atomic E-state index is 11.4. The van der Waals surface area contributed by atoms with Gasteiger partial charge < -0.3 is 5.73 Å². The molecule has 0 spiro atoms. The molecule has 1 aliphatic rings. The van der Waals surface area contributed by atoms with Crippen LogP contribution in [0.2, 0.25) is 0 Å². The standard InChI is InChI=1S/C11H17NO/c1-2-3-6-10(13)9-11(12)7-4-5-8-11/h4-9,12H2,1H3. The molecule has 72 valence electrons. The van der Waals surface area contributed by atoms with E-state index in [-0.39, 0.29) is 11.3 Å². The number of Topliss-reactive ketones (excluding diaryl/α,β-unsaturated/α-hetero) is 1. The highest BCUT2D eigenvalue weighted by molar-refractivity contribution is 5.81. The smallest absolute Gasteiger partial charge is 0.146 e. The third kappa shape index (κ3) is 3.20. The van der Waals surface area contributed by atoms with Crippen LogP contribution in [0.5, 0.6) is 0 Å². The lowest BCUT2D eigenvalue weighted by Crippen LogP contribution is -2.38. The Morgan fingerprint density at radius 3 is 2.62 bits per heavy atom. The minimum Gasteiger partial charge on any atom is -0.325 e. The lowest BCUT2D eigenvalue weighted by molar-refractivity contribution is -0.119. The van der Waals surface area contributed by atoms with Gasteiger partial charge in [-0.05, 0) is 19.8 Å².